The van der Waals surface area contributed by atoms with E-state index in [0.717, 1.165) is 11.7 Å². The normalized spacial score (nSPS) is 16.4. The van der Waals surface area contributed by atoms with Crippen molar-refractivity contribution in [2.24, 2.45) is 11.3 Å². The van der Waals surface area contributed by atoms with Crippen LogP contribution in [0.4, 0.5) is 0 Å². The number of ether oxygens (including phenoxy) is 1. The van der Waals surface area contributed by atoms with Crippen molar-refractivity contribution in [1.82, 2.24) is 0 Å². The van der Waals surface area contributed by atoms with Gasteiger partial charge in [-0.1, -0.05) is 87.0 Å². The summed E-state index contributed by atoms with van der Waals surface area (Å²) in [7, 11) is -0.581. The molecule has 2 aromatic carbocycles. The van der Waals surface area contributed by atoms with Crippen molar-refractivity contribution in [3.8, 4) is 0 Å². The van der Waals surface area contributed by atoms with Crippen LogP contribution in [0.2, 0.25) is 0 Å². The fraction of sp³-hybridized carbons (Fsp3) is 0.370. The lowest BCUT2D eigenvalue weighted by molar-refractivity contribution is -0.144. The van der Waals surface area contributed by atoms with Crippen LogP contribution in [0.25, 0.3) is 0 Å². The van der Waals surface area contributed by atoms with E-state index in [0.29, 0.717) is 6.61 Å². The van der Waals surface area contributed by atoms with Crippen LogP contribution in [0, 0.1) is 25.2 Å². The maximum Gasteiger partial charge on any atom is 0.316 e. The van der Waals surface area contributed by atoms with Crippen molar-refractivity contribution in [2.45, 2.75) is 41.5 Å². The van der Waals surface area contributed by atoms with Crippen molar-refractivity contribution in [3.05, 3.63) is 83.0 Å². The molecule has 2 aromatic rings. The second kappa shape index (κ2) is 9.31. The highest BCUT2D eigenvalue weighted by Crippen LogP contribution is 2.37. The summed E-state index contributed by atoms with van der Waals surface area (Å²) < 4.78 is 5.80. The number of hydrogen-bond donors (Lipinski definition) is 0. The maximum atomic E-state index is 12.8. The molecule has 0 fully saturated rings. The molecule has 3 heteroatoms. The van der Waals surface area contributed by atoms with Crippen LogP contribution in [0.1, 0.15) is 38.8 Å². The summed E-state index contributed by atoms with van der Waals surface area (Å²) in [4.78, 5) is 12.8. The van der Waals surface area contributed by atoms with Crippen molar-refractivity contribution in [2.75, 3.05) is 12.8 Å². The predicted molar refractivity (Wildman–Crippen MR) is 129 cm³/mol. The van der Waals surface area contributed by atoms with Gasteiger partial charge in [0.2, 0.25) is 0 Å². The molecule has 0 radical (unpaired) electrons. The Labute approximate surface area is 182 Å². The lowest BCUT2D eigenvalue weighted by atomic mass is 9.87. The lowest BCUT2D eigenvalue weighted by Gasteiger charge is -2.22. The van der Waals surface area contributed by atoms with Gasteiger partial charge in [0.1, 0.15) is 0 Å². The number of esters is 1. The summed E-state index contributed by atoms with van der Waals surface area (Å²) in [5.74, 6) is -0.380. The highest BCUT2D eigenvalue weighted by molar-refractivity contribution is 7.73. The Hall–Kier alpha value is -2.18. The predicted octanol–water partition coefficient (Wildman–Crippen LogP) is 5.83. The summed E-state index contributed by atoms with van der Waals surface area (Å²) in [6.45, 7) is 13.3. The first-order chi connectivity index (χ1) is 14.2. The minimum Gasteiger partial charge on any atom is -0.465 e. The standard InChI is InChI=1S/C27H33O2P/c1-19-11-7-9-13-24(19)30(25-14-10-8-12-20(25)2)16-15-29-26(28)23-18-22(17-21(23)3)27(4,5)6/h7-14,17-18,23H,15-16H2,1-6H3/t23-/m1/s1. The zero-order chi connectivity index (χ0) is 21.9. The van der Waals surface area contributed by atoms with Gasteiger partial charge in [-0.05, 0) is 61.4 Å². The van der Waals surface area contributed by atoms with Gasteiger partial charge >= 0.3 is 5.97 Å². The molecule has 0 spiro atoms. The first-order valence-corrected chi connectivity index (χ1v) is 12.2. The van der Waals surface area contributed by atoms with Gasteiger partial charge in [0.05, 0.1) is 12.5 Å². The smallest absolute Gasteiger partial charge is 0.316 e. The van der Waals surface area contributed by atoms with E-state index in [1.54, 1.807) is 0 Å². The number of hydrogen-bond acceptors (Lipinski definition) is 2. The number of carbonyl (C=O) groups excluding carboxylic acids is 1. The monoisotopic (exact) mass is 420 g/mol. The van der Waals surface area contributed by atoms with Crippen LogP contribution < -0.4 is 10.6 Å². The highest BCUT2D eigenvalue weighted by Gasteiger charge is 2.29. The van der Waals surface area contributed by atoms with Crippen molar-refractivity contribution < 1.29 is 9.53 Å². The van der Waals surface area contributed by atoms with Crippen LogP contribution >= 0.6 is 7.92 Å². The zero-order valence-electron chi connectivity index (χ0n) is 19.0. The molecule has 1 aliphatic carbocycles. The Morgan fingerprint density at radius 2 is 1.47 bits per heavy atom. The maximum absolute atomic E-state index is 12.8. The highest BCUT2D eigenvalue weighted by atomic mass is 31.1. The van der Waals surface area contributed by atoms with E-state index >= 15 is 0 Å². The summed E-state index contributed by atoms with van der Waals surface area (Å²) in [6.07, 6.45) is 5.05. The first kappa shape index (κ1) is 22.5. The topological polar surface area (TPSA) is 26.3 Å². The van der Waals surface area contributed by atoms with E-state index in [1.165, 1.54) is 27.3 Å². The molecule has 0 aromatic heterocycles. The zero-order valence-corrected chi connectivity index (χ0v) is 19.9. The molecular formula is C27H33O2P. The number of benzene rings is 2. The molecule has 3 rings (SSSR count). The Morgan fingerprint density at radius 3 is 1.93 bits per heavy atom. The Balaban J connectivity index is 1.74. The second-order valence-electron chi connectivity index (χ2n) is 9.13. The van der Waals surface area contributed by atoms with Gasteiger partial charge < -0.3 is 4.74 Å². The van der Waals surface area contributed by atoms with Crippen LogP contribution in [-0.2, 0) is 9.53 Å². The Bertz CT molecular complexity index is 933. The molecule has 30 heavy (non-hydrogen) atoms. The summed E-state index contributed by atoms with van der Waals surface area (Å²) in [6, 6.07) is 17.1. The molecule has 158 valence electrons. The lowest BCUT2D eigenvalue weighted by Crippen LogP contribution is -2.23. The SMILES string of the molecule is CC1=CC(C(C)(C)C)=C[C@H]1C(=O)OCCP(c1ccccc1C)c1ccccc1C. The van der Waals surface area contributed by atoms with Crippen molar-refractivity contribution >= 4 is 24.5 Å². The van der Waals surface area contributed by atoms with Gasteiger partial charge in [0.15, 0.2) is 0 Å². The molecule has 0 bridgehead atoms. The molecule has 0 heterocycles. The minimum atomic E-state index is -0.581. The van der Waals surface area contributed by atoms with Crippen LogP contribution in [0.15, 0.2) is 71.8 Å². The van der Waals surface area contributed by atoms with Gasteiger partial charge in [0.25, 0.3) is 0 Å². The quantitative estimate of drug-likeness (QED) is 0.434. The largest absolute Gasteiger partial charge is 0.465 e. The van der Waals surface area contributed by atoms with Crippen molar-refractivity contribution in [1.29, 1.82) is 0 Å². The van der Waals surface area contributed by atoms with Gasteiger partial charge in [-0.3, -0.25) is 4.79 Å². The molecule has 0 amide bonds. The van der Waals surface area contributed by atoms with E-state index in [-0.39, 0.29) is 17.3 Å². The fourth-order valence-corrected chi connectivity index (χ4v) is 6.39. The van der Waals surface area contributed by atoms with Crippen LogP contribution in [-0.4, -0.2) is 18.7 Å². The summed E-state index contributed by atoms with van der Waals surface area (Å²) in [5, 5.41) is 2.73. The summed E-state index contributed by atoms with van der Waals surface area (Å²) in [5.41, 5.74) is 4.92. The average molecular weight is 421 g/mol. The van der Waals surface area contributed by atoms with E-state index in [2.05, 4.69) is 95.3 Å². The fourth-order valence-electron chi connectivity index (χ4n) is 3.85. The van der Waals surface area contributed by atoms with Gasteiger partial charge in [-0.2, -0.15) is 0 Å². The third-order valence-electron chi connectivity index (χ3n) is 5.71. The molecule has 0 saturated carbocycles. The average Bonchev–Trinajstić information content (AvgIpc) is 3.09. The van der Waals surface area contributed by atoms with Gasteiger partial charge in [0, 0.05) is 6.16 Å². The summed E-state index contributed by atoms with van der Waals surface area (Å²) >= 11 is 0. The molecule has 2 nitrogen and oxygen atoms in total. The minimum absolute atomic E-state index is 0.0419. The molecule has 0 N–H and O–H groups in total. The van der Waals surface area contributed by atoms with Crippen LogP contribution in [0.3, 0.4) is 0 Å². The Kier molecular flexibility index (Phi) is 6.98. The molecule has 1 aliphatic rings. The third-order valence-corrected chi connectivity index (χ3v) is 8.51. The molecule has 0 unspecified atom stereocenters. The number of allylic oxidation sites excluding steroid dienone is 2. The molecule has 0 aliphatic heterocycles. The van der Waals surface area contributed by atoms with E-state index in [1.807, 2.05) is 6.92 Å². The first-order valence-electron chi connectivity index (χ1n) is 10.6. The van der Waals surface area contributed by atoms with Gasteiger partial charge in [-0.15, -0.1) is 0 Å². The number of rotatable bonds is 6. The molecule has 0 saturated heterocycles. The van der Waals surface area contributed by atoms with Crippen molar-refractivity contribution in [3.63, 3.8) is 0 Å². The number of aryl methyl sites for hydroxylation is 2. The van der Waals surface area contributed by atoms with Gasteiger partial charge in [-0.25, -0.2) is 0 Å². The molecular weight excluding hydrogens is 387 g/mol. The number of carbonyl (C=O) groups is 1. The van der Waals surface area contributed by atoms with E-state index in [9.17, 15) is 4.79 Å². The molecule has 1 atom stereocenters. The van der Waals surface area contributed by atoms with E-state index < -0.39 is 7.92 Å². The Morgan fingerprint density at radius 1 is 0.933 bits per heavy atom. The second-order valence-corrected chi connectivity index (χ2v) is 11.4. The van der Waals surface area contributed by atoms with E-state index in [4.69, 9.17) is 4.74 Å². The van der Waals surface area contributed by atoms with Crippen LogP contribution in [0.5, 0.6) is 0 Å². The third kappa shape index (κ3) is 5.10.